The molecule has 1 aromatic carbocycles. The van der Waals surface area contributed by atoms with E-state index in [9.17, 15) is 0 Å². The maximum Gasteiger partial charge on any atom is 0.227 e. The molecule has 136 valence electrons. The van der Waals surface area contributed by atoms with E-state index >= 15 is 0 Å². The van der Waals surface area contributed by atoms with E-state index in [0.29, 0.717) is 11.8 Å². The van der Waals surface area contributed by atoms with E-state index in [4.69, 9.17) is 4.42 Å². The quantitative estimate of drug-likeness (QED) is 0.480. The lowest BCUT2D eigenvalue weighted by Gasteiger charge is -2.33. The van der Waals surface area contributed by atoms with E-state index in [-0.39, 0.29) is 6.17 Å². The van der Waals surface area contributed by atoms with Gasteiger partial charge in [-0.1, -0.05) is 12.1 Å². The summed E-state index contributed by atoms with van der Waals surface area (Å²) in [5, 5.41) is 2.15. The minimum Gasteiger partial charge on any atom is -0.435 e. The van der Waals surface area contributed by atoms with Gasteiger partial charge in [0.1, 0.15) is 6.17 Å². The summed E-state index contributed by atoms with van der Waals surface area (Å²) in [6.07, 6.45) is 3.78. The van der Waals surface area contributed by atoms with Crippen molar-refractivity contribution < 1.29 is 4.42 Å². The highest BCUT2D eigenvalue weighted by Gasteiger charge is 2.38. The largest absolute Gasteiger partial charge is 0.435 e. The molecule has 0 spiro atoms. The highest BCUT2D eigenvalue weighted by Crippen LogP contribution is 2.47. The summed E-state index contributed by atoms with van der Waals surface area (Å²) in [4.78, 5) is 13.8. The lowest BCUT2D eigenvalue weighted by atomic mass is 10.1. The molecule has 0 saturated heterocycles. The predicted octanol–water partition coefficient (Wildman–Crippen LogP) is 5.40. The number of rotatable bonds is 2. The molecule has 0 fully saturated rings. The molecule has 4 aromatic rings. The molecule has 1 aliphatic rings. The predicted molar refractivity (Wildman–Crippen MR) is 110 cm³/mol. The van der Waals surface area contributed by atoms with E-state index in [1.54, 1.807) is 6.20 Å². The minimum absolute atomic E-state index is 0.139. The van der Waals surface area contributed by atoms with Crippen LogP contribution in [-0.4, -0.2) is 22.2 Å². The van der Waals surface area contributed by atoms with Crippen molar-refractivity contribution in [2.75, 3.05) is 9.80 Å². The Morgan fingerprint density at radius 3 is 2.59 bits per heavy atom. The topological polar surface area (TPSA) is 45.4 Å². The van der Waals surface area contributed by atoms with Gasteiger partial charge in [-0.3, -0.25) is 0 Å². The number of pyridine rings is 2. The first-order chi connectivity index (χ1) is 13.1. The number of furan rings is 1. The Morgan fingerprint density at radius 2 is 1.78 bits per heavy atom. The molecule has 1 aliphatic heterocycles. The van der Waals surface area contributed by atoms with Gasteiger partial charge in [-0.2, -0.15) is 0 Å². The zero-order chi connectivity index (χ0) is 18.7. The Kier molecular flexibility index (Phi) is 3.41. The van der Waals surface area contributed by atoms with Crippen molar-refractivity contribution in [3.63, 3.8) is 0 Å². The summed E-state index contributed by atoms with van der Waals surface area (Å²) in [5.74, 6) is 1.02. The van der Waals surface area contributed by atoms with E-state index in [0.717, 1.165) is 33.5 Å². The highest BCUT2D eigenvalue weighted by molar-refractivity contribution is 6.09. The van der Waals surface area contributed by atoms with Crippen molar-refractivity contribution in [2.24, 2.45) is 0 Å². The lowest BCUT2D eigenvalue weighted by molar-refractivity contribution is 0.597. The van der Waals surface area contributed by atoms with Gasteiger partial charge in [-0.15, -0.1) is 0 Å². The number of hydrogen-bond acceptors (Lipinski definition) is 5. The number of anilines is 3. The zero-order valence-electron chi connectivity index (χ0n) is 16.0. The van der Waals surface area contributed by atoms with Gasteiger partial charge in [0.05, 0.1) is 11.4 Å². The molecule has 0 saturated carbocycles. The molecule has 1 atom stereocenters. The van der Waals surface area contributed by atoms with Crippen LogP contribution in [0.4, 0.5) is 17.2 Å². The molecule has 0 unspecified atom stereocenters. The summed E-state index contributed by atoms with van der Waals surface area (Å²) in [6.45, 7) is 8.77. The first-order valence-corrected chi connectivity index (χ1v) is 9.37. The number of aromatic nitrogens is 2. The molecule has 0 radical (unpaired) electrons. The second kappa shape index (κ2) is 5.71. The molecule has 5 nitrogen and oxygen atoms in total. The molecule has 0 N–H and O–H groups in total. The molecule has 0 amide bonds. The van der Waals surface area contributed by atoms with Crippen LogP contribution in [0.15, 0.2) is 53.2 Å². The van der Waals surface area contributed by atoms with Crippen molar-refractivity contribution >= 4 is 39.3 Å². The first-order valence-electron chi connectivity index (χ1n) is 9.37. The maximum absolute atomic E-state index is 6.24. The molecule has 27 heavy (non-hydrogen) atoms. The second-order valence-electron chi connectivity index (χ2n) is 7.41. The van der Waals surface area contributed by atoms with Gasteiger partial charge in [0.15, 0.2) is 11.4 Å². The monoisotopic (exact) mass is 358 g/mol. The van der Waals surface area contributed by atoms with Crippen LogP contribution < -0.4 is 9.80 Å². The Bertz CT molecular complexity index is 1160. The normalized spacial score (nSPS) is 16.7. The van der Waals surface area contributed by atoms with Crippen molar-refractivity contribution in [2.45, 2.75) is 39.9 Å². The fourth-order valence-electron chi connectivity index (χ4n) is 4.32. The SMILES string of the molecule is Cc1ccc2c(oc3ncccc32)c1N1c2cccnc2N(C(C)C)[C@@H]1C. The maximum atomic E-state index is 6.24. The van der Waals surface area contributed by atoms with E-state index in [1.807, 2.05) is 18.3 Å². The van der Waals surface area contributed by atoms with Crippen molar-refractivity contribution in [1.82, 2.24) is 9.97 Å². The van der Waals surface area contributed by atoms with Gasteiger partial charge in [0.25, 0.3) is 0 Å². The van der Waals surface area contributed by atoms with Gasteiger partial charge < -0.3 is 14.2 Å². The Morgan fingerprint density at radius 1 is 1.00 bits per heavy atom. The highest BCUT2D eigenvalue weighted by atomic mass is 16.3. The summed E-state index contributed by atoms with van der Waals surface area (Å²) in [5.41, 5.74) is 4.95. The average Bonchev–Trinajstić information content (AvgIpc) is 3.17. The average molecular weight is 358 g/mol. The van der Waals surface area contributed by atoms with Gasteiger partial charge in [0.2, 0.25) is 5.71 Å². The van der Waals surface area contributed by atoms with Crippen molar-refractivity contribution in [3.8, 4) is 0 Å². The van der Waals surface area contributed by atoms with Gasteiger partial charge in [0, 0.05) is 29.2 Å². The molecular weight excluding hydrogens is 336 g/mol. The van der Waals surface area contributed by atoms with Crippen LogP contribution in [0.2, 0.25) is 0 Å². The van der Waals surface area contributed by atoms with Crippen LogP contribution in [0.1, 0.15) is 26.3 Å². The van der Waals surface area contributed by atoms with Crippen LogP contribution in [0.3, 0.4) is 0 Å². The van der Waals surface area contributed by atoms with Crippen LogP contribution >= 0.6 is 0 Å². The standard InChI is InChI=1S/C22H22N4O/c1-13(2)25-15(4)26(18-8-6-11-23-21(18)25)19-14(3)9-10-16-17-7-5-12-24-22(17)27-20(16)19/h5-13,15H,1-4H3/t15-/m0/s1. The zero-order valence-corrected chi connectivity index (χ0v) is 16.0. The van der Waals surface area contributed by atoms with E-state index in [1.165, 1.54) is 5.56 Å². The van der Waals surface area contributed by atoms with E-state index < -0.39 is 0 Å². The van der Waals surface area contributed by atoms with Crippen LogP contribution in [0.5, 0.6) is 0 Å². The Balaban J connectivity index is 1.82. The molecule has 5 rings (SSSR count). The summed E-state index contributed by atoms with van der Waals surface area (Å²) in [7, 11) is 0. The third-order valence-electron chi connectivity index (χ3n) is 5.44. The van der Waals surface area contributed by atoms with Crippen LogP contribution in [-0.2, 0) is 0 Å². The van der Waals surface area contributed by atoms with Crippen molar-refractivity contribution in [3.05, 3.63) is 54.4 Å². The van der Waals surface area contributed by atoms with Gasteiger partial charge in [-0.05, 0) is 57.5 Å². The van der Waals surface area contributed by atoms with Gasteiger partial charge in [-0.25, -0.2) is 9.97 Å². The summed E-state index contributed by atoms with van der Waals surface area (Å²) < 4.78 is 6.24. The molecule has 0 aliphatic carbocycles. The Labute approximate surface area is 158 Å². The fourth-order valence-corrected chi connectivity index (χ4v) is 4.32. The third-order valence-corrected chi connectivity index (χ3v) is 5.44. The number of aryl methyl sites for hydroxylation is 1. The first kappa shape index (κ1) is 16.1. The number of fused-ring (bicyclic) bond motifs is 4. The molecule has 0 bridgehead atoms. The van der Waals surface area contributed by atoms with E-state index in [2.05, 4.69) is 71.7 Å². The van der Waals surface area contributed by atoms with Crippen LogP contribution in [0.25, 0.3) is 22.1 Å². The number of hydrogen-bond donors (Lipinski definition) is 0. The lowest BCUT2D eigenvalue weighted by Crippen LogP contribution is -2.42. The number of benzene rings is 1. The smallest absolute Gasteiger partial charge is 0.227 e. The van der Waals surface area contributed by atoms with Crippen molar-refractivity contribution in [1.29, 1.82) is 0 Å². The summed E-state index contributed by atoms with van der Waals surface area (Å²) >= 11 is 0. The number of nitrogens with zero attached hydrogens (tertiary/aromatic N) is 4. The molecular formula is C22H22N4O. The van der Waals surface area contributed by atoms with Gasteiger partial charge >= 0.3 is 0 Å². The van der Waals surface area contributed by atoms with Crippen LogP contribution in [0, 0.1) is 6.92 Å². The minimum atomic E-state index is 0.139. The third kappa shape index (κ3) is 2.17. The fraction of sp³-hybridized carbons (Fsp3) is 0.273. The molecule has 5 heteroatoms. The second-order valence-corrected chi connectivity index (χ2v) is 7.41. The molecule has 3 aromatic heterocycles. The molecule has 4 heterocycles. The Hall–Kier alpha value is -3.08. The summed E-state index contributed by atoms with van der Waals surface area (Å²) in [6, 6.07) is 12.8.